The van der Waals surface area contributed by atoms with Gasteiger partial charge >= 0.3 is 0 Å². The molecule has 0 spiro atoms. The Kier molecular flexibility index (Phi) is 2.93. The van der Waals surface area contributed by atoms with Crippen molar-refractivity contribution in [2.45, 2.75) is 19.8 Å². The predicted molar refractivity (Wildman–Crippen MR) is 47.1 cm³/mol. The fourth-order valence-corrected chi connectivity index (χ4v) is 1.45. The van der Waals surface area contributed by atoms with E-state index in [-0.39, 0.29) is 0 Å². The molecule has 1 saturated heterocycles. The zero-order valence-corrected chi connectivity index (χ0v) is 7.21. The molecular weight excluding hydrogens is 144 g/mol. The summed E-state index contributed by atoms with van der Waals surface area (Å²) in [5.74, 6) is 0. The lowest BCUT2D eigenvalue weighted by Gasteiger charge is -2.29. The van der Waals surface area contributed by atoms with Gasteiger partial charge in [-0.25, -0.2) is 0 Å². The number of rotatable bonds is 2. The molecule has 0 bridgehead atoms. The van der Waals surface area contributed by atoms with Crippen molar-refractivity contribution < 1.29 is 0 Å². The quantitative estimate of drug-likeness (QED) is 0.603. The van der Waals surface area contributed by atoms with Crippen molar-refractivity contribution in [1.82, 2.24) is 10.2 Å². The third-order valence-electron chi connectivity index (χ3n) is 1.66. The molecule has 0 atom stereocenters. The predicted octanol–water partition coefficient (Wildman–Crippen LogP) is 0.977. The highest BCUT2D eigenvalue weighted by Gasteiger charge is 2.11. The summed E-state index contributed by atoms with van der Waals surface area (Å²) in [4.78, 5) is 2.23. The highest BCUT2D eigenvalue weighted by atomic mass is 32.1. The number of thiocarbonyl (C=S) groups is 1. The molecule has 0 radical (unpaired) electrons. The Hall–Kier alpha value is -0.310. The Morgan fingerprint density at radius 1 is 1.70 bits per heavy atom. The van der Waals surface area contributed by atoms with Gasteiger partial charge in [-0.15, -0.1) is 0 Å². The molecule has 1 fully saturated rings. The largest absolute Gasteiger partial charge is 0.362 e. The van der Waals surface area contributed by atoms with Crippen LogP contribution in [0.25, 0.3) is 0 Å². The second-order valence-corrected chi connectivity index (χ2v) is 2.96. The highest BCUT2D eigenvalue weighted by molar-refractivity contribution is 7.80. The molecule has 2 nitrogen and oxygen atoms in total. The van der Waals surface area contributed by atoms with Crippen molar-refractivity contribution in [1.29, 1.82) is 0 Å². The van der Waals surface area contributed by atoms with Gasteiger partial charge in [0.15, 0.2) is 5.11 Å². The summed E-state index contributed by atoms with van der Waals surface area (Å²) in [5.41, 5.74) is 0. The molecule has 3 heteroatoms. The molecule has 1 rings (SSSR count). The Morgan fingerprint density at radius 2 is 2.50 bits per heavy atom. The normalized spacial score (nSPS) is 18.9. The molecule has 0 amide bonds. The first-order chi connectivity index (χ1) is 4.84. The molecule has 1 aliphatic heterocycles. The summed E-state index contributed by atoms with van der Waals surface area (Å²) in [5, 5.41) is 4.11. The summed E-state index contributed by atoms with van der Waals surface area (Å²) in [6.45, 7) is 5.47. The van der Waals surface area contributed by atoms with E-state index in [0.29, 0.717) is 0 Å². The SMILES string of the molecule is CCCN1CCCNC1=S. The van der Waals surface area contributed by atoms with Gasteiger partial charge in [0.1, 0.15) is 0 Å². The minimum absolute atomic E-state index is 0.938. The zero-order valence-electron chi connectivity index (χ0n) is 6.39. The molecule has 0 aromatic carbocycles. The minimum atomic E-state index is 0.938. The van der Waals surface area contributed by atoms with Crippen LogP contribution in [-0.2, 0) is 0 Å². The van der Waals surface area contributed by atoms with E-state index in [1.807, 2.05) is 0 Å². The van der Waals surface area contributed by atoms with E-state index in [0.717, 1.165) is 24.7 Å². The number of nitrogens with zero attached hydrogens (tertiary/aromatic N) is 1. The van der Waals surface area contributed by atoms with Gasteiger partial charge in [0.05, 0.1) is 0 Å². The van der Waals surface area contributed by atoms with Crippen LogP contribution in [0.3, 0.4) is 0 Å². The zero-order chi connectivity index (χ0) is 7.40. The van der Waals surface area contributed by atoms with Crippen LogP contribution in [0.1, 0.15) is 19.8 Å². The van der Waals surface area contributed by atoms with Crippen LogP contribution in [0.15, 0.2) is 0 Å². The summed E-state index contributed by atoms with van der Waals surface area (Å²) in [6.07, 6.45) is 2.40. The van der Waals surface area contributed by atoms with Crippen LogP contribution >= 0.6 is 12.2 Å². The van der Waals surface area contributed by atoms with Gasteiger partial charge in [0.2, 0.25) is 0 Å². The molecule has 10 heavy (non-hydrogen) atoms. The number of hydrogen-bond donors (Lipinski definition) is 1. The monoisotopic (exact) mass is 158 g/mol. The van der Waals surface area contributed by atoms with Crippen molar-refractivity contribution in [3.8, 4) is 0 Å². The van der Waals surface area contributed by atoms with Crippen LogP contribution in [0, 0.1) is 0 Å². The Labute approximate surface area is 67.6 Å². The van der Waals surface area contributed by atoms with E-state index in [9.17, 15) is 0 Å². The van der Waals surface area contributed by atoms with E-state index in [1.165, 1.54) is 12.8 Å². The lowest BCUT2D eigenvalue weighted by Crippen LogP contribution is -2.46. The summed E-state index contributed by atoms with van der Waals surface area (Å²) in [7, 11) is 0. The second-order valence-electron chi connectivity index (χ2n) is 2.57. The number of nitrogens with one attached hydrogen (secondary N) is 1. The van der Waals surface area contributed by atoms with Crippen molar-refractivity contribution in [2.75, 3.05) is 19.6 Å². The smallest absolute Gasteiger partial charge is 0.168 e. The molecular formula is C7H14N2S. The molecule has 0 aromatic heterocycles. The standard InChI is InChI=1S/C7H14N2S/c1-2-5-9-6-3-4-8-7(9)10/h2-6H2,1H3,(H,8,10). The van der Waals surface area contributed by atoms with Crippen molar-refractivity contribution in [3.05, 3.63) is 0 Å². The van der Waals surface area contributed by atoms with Gasteiger partial charge in [0.25, 0.3) is 0 Å². The van der Waals surface area contributed by atoms with Gasteiger partial charge < -0.3 is 10.2 Å². The van der Waals surface area contributed by atoms with Gasteiger partial charge in [-0.3, -0.25) is 0 Å². The topological polar surface area (TPSA) is 15.3 Å². The summed E-state index contributed by atoms with van der Waals surface area (Å²) in [6, 6.07) is 0. The maximum absolute atomic E-state index is 5.11. The maximum Gasteiger partial charge on any atom is 0.168 e. The molecule has 0 saturated carbocycles. The number of hydrogen-bond acceptors (Lipinski definition) is 1. The van der Waals surface area contributed by atoms with E-state index >= 15 is 0 Å². The van der Waals surface area contributed by atoms with Gasteiger partial charge in [0, 0.05) is 19.6 Å². The Morgan fingerprint density at radius 3 is 3.10 bits per heavy atom. The van der Waals surface area contributed by atoms with Gasteiger partial charge in [-0.05, 0) is 25.1 Å². The van der Waals surface area contributed by atoms with E-state index in [1.54, 1.807) is 0 Å². The summed E-state index contributed by atoms with van der Waals surface area (Å²) >= 11 is 5.11. The highest BCUT2D eigenvalue weighted by Crippen LogP contribution is 1.99. The third-order valence-corrected chi connectivity index (χ3v) is 2.06. The van der Waals surface area contributed by atoms with Gasteiger partial charge in [-0.1, -0.05) is 6.92 Å². The fourth-order valence-electron chi connectivity index (χ4n) is 1.16. The van der Waals surface area contributed by atoms with E-state index < -0.39 is 0 Å². The molecule has 58 valence electrons. The fraction of sp³-hybridized carbons (Fsp3) is 0.857. The molecule has 0 aliphatic carbocycles. The first-order valence-electron chi connectivity index (χ1n) is 3.87. The molecule has 1 heterocycles. The minimum Gasteiger partial charge on any atom is -0.362 e. The van der Waals surface area contributed by atoms with E-state index in [2.05, 4.69) is 17.1 Å². The van der Waals surface area contributed by atoms with Crippen LogP contribution in [-0.4, -0.2) is 29.6 Å². The summed E-state index contributed by atoms with van der Waals surface area (Å²) < 4.78 is 0. The van der Waals surface area contributed by atoms with Crippen LogP contribution in [0.4, 0.5) is 0 Å². The Bertz CT molecular complexity index is 123. The second kappa shape index (κ2) is 3.76. The first kappa shape index (κ1) is 7.79. The molecule has 1 N–H and O–H groups in total. The Balaban J connectivity index is 2.32. The first-order valence-corrected chi connectivity index (χ1v) is 4.28. The molecule has 0 aromatic rings. The third kappa shape index (κ3) is 1.84. The van der Waals surface area contributed by atoms with Gasteiger partial charge in [-0.2, -0.15) is 0 Å². The van der Waals surface area contributed by atoms with Crippen LogP contribution in [0.5, 0.6) is 0 Å². The van der Waals surface area contributed by atoms with Crippen LogP contribution < -0.4 is 5.32 Å². The van der Waals surface area contributed by atoms with Crippen LogP contribution in [0.2, 0.25) is 0 Å². The molecule has 1 aliphatic rings. The van der Waals surface area contributed by atoms with Crippen molar-refractivity contribution in [3.63, 3.8) is 0 Å². The maximum atomic E-state index is 5.11. The van der Waals surface area contributed by atoms with E-state index in [4.69, 9.17) is 12.2 Å². The lowest BCUT2D eigenvalue weighted by molar-refractivity contribution is 0.376. The average molecular weight is 158 g/mol. The average Bonchev–Trinajstić information content (AvgIpc) is 1.94. The van der Waals surface area contributed by atoms with Crippen molar-refractivity contribution >= 4 is 17.3 Å². The van der Waals surface area contributed by atoms with Crippen molar-refractivity contribution in [2.24, 2.45) is 0 Å². The molecule has 0 unspecified atom stereocenters. The lowest BCUT2D eigenvalue weighted by atomic mass is 10.3.